The number of alkyl halides is 3. The molecule has 1 unspecified atom stereocenters. The largest absolute Gasteiger partial charge is 0.496 e. The Kier molecular flexibility index (Phi) is 9.86. The molecule has 13 heteroatoms. The number of nitrogens with two attached hydrogens (primary N) is 1. The molecule has 1 aromatic heterocycles. The van der Waals surface area contributed by atoms with Crippen LogP contribution in [0, 0.1) is 6.92 Å². The molecule has 1 amide bonds. The molecule has 0 aliphatic carbocycles. The van der Waals surface area contributed by atoms with Crippen molar-refractivity contribution in [3.05, 3.63) is 77.8 Å². The van der Waals surface area contributed by atoms with Crippen LogP contribution in [0.1, 0.15) is 46.4 Å². The van der Waals surface area contributed by atoms with E-state index >= 15 is 0 Å². The Balaban J connectivity index is 1.60. The molecule has 4 N–H and O–H groups in total. The number of carbonyl (C=O) groups excluding carboxylic acids is 1. The monoisotopic (exact) mass is 597 g/mol. The Bertz CT molecular complexity index is 1500. The van der Waals surface area contributed by atoms with Gasteiger partial charge in [0.1, 0.15) is 11.4 Å². The average molecular weight is 598 g/mol. The maximum atomic E-state index is 13.4. The molecule has 2 aromatic carbocycles. The van der Waals surface area contributed by atoms with Gasteiger partial charge in [-0.25, -0.2) is 15.0 Å². The number of likely N-dealkylation sites (N-methyl/N-ethyl adjacent to an activating group) is 1. The van der Waals surface area contributed by atoms with Gasteiger partial charge >= 0.3 is 6.18 Å². The van der Waals surface area contributed by atoms with Crippen LogP contribution < -0.4 is 26.0 Å². The van der Waals surface area contributed by atoms with E-state index in [1.807, 2.05) is 11.9 Å². The van der Waals surface area contributed by atoms with Crippen LogP contribution in [0.5, 0.6) is 5.75 Å². The van der Waals surface area contributed by atoms with Gasteiger partial charge < -0.3 is 30.7 Å². The number of nitrogens with one attached hydrogen (secondary N) is 2. The number of benzene rings is 2. The van der Waals surface area contributed by atoms with Crippen molar-refractivity contribution in [1.29, 1.82) is 0 Å². The summed E-state index contributed by atoms with van der Waals surface area (Å²) in [5, 5.41) is 5.47. The third kappa shape index (κ3) is 7.80. The van der Waals surface area contributed by atoms with Crippen molar-refractivity contribution < 1.29 is 27.4 Å². The summed E-state index contributed by atoms with van der Waals surface area (Å²) in [6.07, 6.45) is 1.60. The van der Waals surface area contributed by atoms with Crippen LogP contribution in [0.25, 0.3) is 0 Å². The van der Waals surface area contributed by atoms with Gasteiger partial charge in [-0.05, 0) is 68.3 Å². The molecule has 228 valence electrons. The first-order chi connectivity index (χ1) is 20.5. The first-order valence-corrected chi connectivity index (χ1v) is 13.6. The van der Waals surface area contributed by atoms with E-state index in [-0.39, 0.29) is 28.9 Å². The van der Waals surface area contributed by atoms with E-state index in [4.69, 9.17) is 15.2 Å². The van der Waals surface area contributed by atoms with Crippen LogP contribution >= 0.6 is 0 Å². The molecule has 1 fully saturated rings. The van der Waals surface area contributed by atoms with Gasteiger partial charge in [-0.15, -0.1) is 0 Å². The molecule has 0 spiro atoms. The summed E-state index contributed by atoms with van der Waals surface area (Å²) in [4.78, 5) is 28.5. The van der Waals surface area contributed by atoms with Gasteiger partial charge in [-0.3, -0.25) is 4.79 Å². The number of nitrogens with zero attached hydrogens (tertiary/aromatic N) is 4. The predicted octanol–water partition coefficient (Wildman–Crippen LogP) is 5.66. The third-order valence-electron chi connectivity index (χ3n) is 6.84. The lowest BCUT2D eigenvalue weighted by Gasteiger charge is -2.27. The summed E-state index contributed by atoms with van der Waals surface area (Å²) in [7, 11) is 3.02. The highest BCUT2D eigenvalue weighted by Crippen LogP contribution is 2.38. The molecule has 1 saturated heterocycles. The van der Waals surface area contributed by atoms with Crippen molar-refractivity contribution in [3.8, 4) is 5.75 Å². The number of amides is 1. The van der Waals surface area contributed by atoms with Crippen molar-refractivity contribution in [1.82, 2.24) is 9.97 Å². The van der Waals surface area contributed by atoms with Crippen LogP contribution in [0.15, 0.2) is 60.4 Å². The molecule has 2 heterocycles. The molecule has 10 nitrogen and oxygen atoms in total. The van der Waals surface area contributed by atoms with E-state index < -0.39 is 17.6 Å². The zero-order chi connectivity index (χ0) is 31.1. The molecule has 1 aliphatic heterocycles. The van der Waals surface area contributed by atoms with Gasteiger partial charge in [-0.2, -0.15) is 13.2 Å². The van der Waals surface area contributed by atoms with Gasteiger partial charge in [0, 0.05) is 31.5 Å². The van der Waals surface area contributed by atoms with E-state index in [9.17, 15) is 18.0 Å². The minimum atomic E-state index is -4.66. The minimum Gasteiger partial charge on any atom is -0.496 e. The lowest BCUT2D eigenvalue weighted by atomic mass is 10.1. The standard InChI is InChI=1S/C30H34F3N7O3/c1-5-35-24-16-36-29(40(3)17-21-8-6-7-13-43-21)39-26(24)27(34)38-23-14-19(10-9-18(23)2)28(41)37-20-11-12-25(42-4)22(15-20)30(31,32)33/h5,9-12,14-16,21,35H,1,6-8,13,17H2,2-4H3,(H2,34,38)(H,37,41). The highest BCUT2D eigenvalue weighted by molar-refractivity contribution is 6.06. The topological polar surface area (TPSA) is 127 Å². The molecular weight excluding hydrogens is 563 g/mol. The number of halogens is 3. The Morgan fingerprint density at radius 3 is 2.74 bits per heavy atom. The number of hydrogen-bond donors (Lipinski definition) is 3. The first kappa shape index (κ1) is 31.3. The van der Waals surface area contributed by atoms with Crippen LogP contribution in [0.3, 0.4) is 0 Å². The second kappa shape index (κ2) is 13.6. The van der Waals surface area contributed by atoms with Crippen LogP contribution in [-0.2, 0) is 10.9 Å². The fraction of sp³-hybridized carbons (Fsp3) is 0.333. The zero-order valence-electron chi connectivity index (χ0n) is 24.2. The molecule has 3 aromatic rings. The van der Waals surface area contributed by atoms with Gasteiger partial charge in [0.25, 0.3) is 5.91 Å². The smallest absolute Gasteiger partial charge is 0.420 e. The van der Waals surface area contributed by atoms with E-state index in [1.54, 1.807) is 25.3 Å². The maximum Gasteiger partial charge on any atom is 0.420 e. The van der Waals surface area contributed by atoms with Crippen molar-refractivity contribution in [2.24, 2.45) is 10.7 Å². The summed E-state index contributed by atoms with van der Waals surface area (Å²) in [6, 6.07) is 8.01. The van der Waals surface area contributed by atoms with Crippen molar-refractivity contribution in [3.63, 3.8) is 0 Å². The molecule has 43 heavy (non-hydrogen) atoms. The Labute approximate surface area is 247 Å². The lowest BCUT2D eigenvalue weighted by Crippen LogP contribution is -2.34. The van der Waals surface area contributed by atoms with Gasteiger partial charge in [0.15, 0.2) is 5.84 Å². The SMILES string of the molecule is C=CNc1cnc(N(C)CC2CCCCO2)nc1C(N)=Nc1cc(C(=O)Nc2ccc(OC)c(C(F)(F)F)c2)ccc1C. The number of carbonyl (C=O) groups is 1. The number of rotatable bonds is 10. The molecule has 4 rings (SSSR count). The summed E-state index contributed by atoms with van der Waals surface area (Å²) in [5.74, 6) is -0.488. The van der Waals surface area contributed by atoms with Crippen molar-refractivity contribution in [2.75, 3.05) is 42.8 Å². The van der Waals surface area contributed by atoms with Gasteiger partial charge in [-0.1, -0.05) is 12.6 Å². The average Bonchev–Trinajstić information content (AvgIpc) is 2.98. The molecule has 1 aliphatic rings. The summed E-state index contributed by atoms with van der Waals surface area (Å²) in [6.45, 7) is 6.83. The first-order valence-electron chi connectivity index (χ1n) is 13.6. The fourth-order valence-electron chi connectivity index (χ4n) is 4.57. The van der Waals surface area contributed by atoms with Crippen LogP contribution in [-0.4, -0.2) is 55.1 Å². The van der Waals surface area contributed by atoms with E-state index in [0.29, 0.717) is 35.1 Å². The van der Waals surface area contributed by atoms with E-state index in [1.165, 1.54) is 18.3 Å². The Hall–Kier alpha value is -4.65. The highest BCUT2D eigenvalue weighted by atomic mass is 19.4. The number of anilines is 3. The molecule has 0 saturated carbocycles. The molecule has 1 atom stereocenters. The predicted molar refractivity (Wildman–Crippen MR) is 160 cm³/mol. The molecule has 0 bridgehead atoms. The number of ether oxygens (including phenoxy) is 2. The number of hydrogen-bond acceptors (Lipinski definition) is 8. The van der Waals surface area contributed by atoms with Gasteiger partial charge in [0.05, 0.1) is 36.3 Å². The molecule has 0 radical (unpaired) electrons. The number of methoxy groups -OCH3 is 1. The number of aromatic nitrogens is 2. The normalized spacial score (nSPS) is 15.5. The van der Waals surface area contributed by atoms with Crippen LogP contribution in [0.4, 0.5) is 36.2 Å². The highest BCUT2D eigenvalue weighted by Gasteiger charge is 2.34. The quantitative estimate of drug-likeness (QED) is 0.202. The number of aliphatic imine (C=N–C) groups is 1. The maximum absolute atomic E-state index is 13.4. The van der Waals surface area contributed by atoms with E-state index in [2.05, 4.69) is 32.2 Å². The van der Waals surface area contributed by atoms with Crippen molar-refractivity contribution in [2.45, 2.75) is 38.5 Å². The minimum absolute atomic E-state index is 0.0420. The summed E-state index contributed by atoms with van der Waals surface area (Å²) >= 11 is 0. The third-order valence-corrected chi connectivity index (χ3v) is 6.84. The number of aryl methyl sites for hydroxylation is 1. The second-order valence-corrected chi connectivity index (χ2v) is 10.0. The lowest BCUT2D eigenvalue weighted by molar-refractivity contribution is -0.138. The number of amidine groups is 1. The summed E-state index contributed by atoms with van der Waals surface area (Å²) < 4.78 is 51.0. The summed E-state index contributed by atoms with van der Waals surface area (Å²) in [5.41, 5.74) is 7.46. The zero-order valence-corrected chi connectivity index (χ0v) is 24.2. The fourth-order valence-corrected chi connectivity index (χ4v) is 4.57. The Morgan fingerprint density at radius 2 is 2.07 bits per heavy atom. The van der Waals surface area contributed by atoms with E-state index in [0.717, 1.165) is 45.1 Å². The molecular formula is C30H34F3N7O3. The van der Waals surface area contributed by atoms with Gasteiger partial charge in [0.2, 0.25) is 5.95 Å². The Morgan fingerprint density at radius 1 is 1.28 bits per heavy atom. The second-order valence-electron chi connectivity index (χ2n) is 10.0. The van der Waals surface area contributed by atoms with Crippen LogP contribution in [0.2, 0.25) is 0 Å². The van der Waals surface area contributed by atoms with Crippen molar-refractivity contribution >= 4 is 34.8 Å².